The van der Waals surface area contributed by atoms with Crippen molar-refractivity contribution in [3.8, 4) is 0 Å². The van der Waals surface area contributed by atoms with Crippen LogP contribution in [0.1, 0.15) is 20.3 Å². The summed E-state index contributed by atoms with van der Waals surface area (Å²) in [5.41, 5.74) is 0.679. The van der Waals surface area contributed by atoms with Crippen molar-refractivity contribution in [1.29, 1.82) is 0 Å². The van der Waals surface area contributed by atoms with E-state index in [1.54, 1.807) is 6.07 Å². The maximum absolute atomic E-state index is 12.9. The minimum absolute atomic E-state index is 0.0513. The van der Waals surface area contributed by atoms with Crippen molar-refractivity contribution in [2.75, 3.05) is 31.1 Å². The Hall–Kier alpha value is -1.91. The summed E-state index contributed by atoms with van der Waals surface area (Å²) in [4.78, 5) is 20.2. The van der Waals surface area contributed by atoms with Crippen LogP contribution in [0.25, 0.3) is 0 Å². The highest BCUT2D eigenvalue weighted by atomic mass is 19.1. The third-order valence-corrected chi connectivity index (χ3v) is 3.56. The highest BCUT2D eigenvalue weighted by Crippen LogP contribution is 2.16. The molecular formula is C16H22FN3O. The van der Waals surface area contributed by atoms with Crippen LogP contribution in [-0.4, -0.2) is 42.0 Å². The molecule has 1 fully saturated rings. The number of piperazine rings is 1. The number of amides is 1. The van der Waals surface area contributed by atoms with Gasteiger partial charge in [-0.05, 0) is 24.5 Å². The van der Waals surface area contributed by atoms with E-state index in [9.17, 15) is 9.18 Å². The molecule has 1 amide bonds. The van der Waals surface area contributed by atoms with E-state index in [-0.39, 0.29) is 11.7 Å². The van der Waals surface area contributed by atoms with Gasteiger partial charge in [0.25, 0.3) is 0 Å². The number of carbonyl (C=O) groups is 1. The smallest absolute Gasteiger partial charge is 0.249 e. The van der Waals surface area contributed by atoms with Crippen LogP contribution in [-0.2, 0) is 4.79 Å². The predicted octanol–water partition coefficient (Wildman–Crippen LogP) is 2.47. The fourth-order valence-electron chi connectivity index (χ4n) is 2.50. The van der Waals surface area contributed by atoms with Gasteiger partial charge in [-0.25, -0.2) is 9.37 Å². The first-order chi connectivity index (χ1) is 9.97. The molecular weight excluding hydrogens is 269 g/mol. The number of nitrogens with zero attached hydrogens (tertiary/aromatic N) is 3. The lowest BCUT2D eigenvalue weighted by Crippen LogP contribution is -2.49. The quantitative estimate of drug-likeness (QED) is 0.800. The van der Waals surface area contributed by atoms with Crippen LogP contribution >= 0.6 is 0 Å². The molecule has 21 heavy (non-hydrogen) atoms. The first-order valence-corrected chi connectivity index (χ1v) is 7.31. The van der Waals surface area contributed by atoms with Gasteiger partial charge in [-0.15, -0.1) is 0 Å². The molecule has 5 heteroatoms. The summed E-state index contributed by atoms with van der Waals surface area (Å²) in [5.74, 6) is 0.906. The van der Waals surface area contributed by atoms with Crippen molar-refractivity contribution in [2.45, 2.75) is 20.3 Å². The number of pyridine rings is 1. The van der Waals surface area contributed by atoms with Gasteiger partial charge in [0.2, 0.25) is 5.91 Å². The fourth-order valence-corrected chi connectivity index (χ4v) is 2.50. The lowest BCUT2D eigenvalue weighted by atomic mass is 10.0. The van der Waals surface area contributed by atoms with Gasteiger partial charge in [-0.2, -0.15) is 0 Å². The average molecular weight is 291 g/mol. The van der Waals surface area contributed by atoms with Crippen LogP contribution in [0, 0.1) is 11.7 Å². The molecule has 0 spiro atoms. The second kappa shape index (κ2) is 6.70. The van der Waals surface area contributed by atoms with Gasteiger partial charge in [0.05, 0.1) is 6.20 Å². The van der Waals surface area contributed by atoms with Gasteiger partial charge in [0, 0.05) is 31.8 Å². The molecule has 0 N–H and O–H groups in total. The summed E-state index contributed by atoms with van der Waals surface area (Å²) >= 11 is 0. The molecule has 114 valence electrons. The van der Waals surface area contributed by atoms with Crippen LogP contribution in [0.5, 0.6) is 0 Å². The van der Waals surface area contributed by atoms with E-state index < -0.39 is 0 Å². The Morgan fingerprint density at radius 3 is 2.52 bits per heavy atom. The largest absolute Gasteiger partial charge is 0.353 e. The topological polar surface area (TPSA) is 36.4 Å². The van der Waals surface area contributed by atoms with Crippen LogP contribution in [0.4, 0.5) is 10.2 Å². The number of rotatable bonds is 4. The molecule has 2 rings (SSSR count). The molecule has 0 aromatic carbocycles. The maximum Gasteiger partial charge on any atom is 0.249 e. The fraction of sp³-hybridized carbons (Fsp3) is 0.500. The summed E-state index contributed by atoms with van der Waals surface area (Å²) < 4.78 is 12.9. The Kier molecular flexibility index (Phi) is 4.94. The molecule has 1 aliphatic rings. The number of carbonyl (C=O) groups excluding carboxylic acids is 1. The molecule has 1 saturated heterocycles. The summed E-state index contributed by atoms with van der Waals surface area (Å²) in [5, 5.41) is 0. The van der Waals surface area contributed by atoms with Crippen LogP contribution in [0.2, 0.25) is 0 Å². The van der Waals surface area contributed by atoms with E-state index in [0.717, 1.165) is 12.2 Å². The summed E-state index contributed by atoms with van der Waals surface area (Å²) in [7, 11) is 0. The molecule has 0 atom stereocenters. The van der Waals surface area contributed by atoms with Crippen molar-refractivity contribution in [3.63, 3.8) is 0 Å². The van der Waals surface area contributed by atoms with E-state index in [0.29, 0.717) is 37.7 Å². The van der Waals surface area contributed by atoms with E-state index in [1.165, 1.54) is 12.3 Å². The van der Waals surface area contributed by atoms with Crippen molar-refractivity contribution in [1.82, 2.24) is 9.88 Å². The van der Waals surface area contributed by atoms with Crippen molar-refractivity contribution in [2.24, 2.45) is 5.92 Å². The zero-order valence-corrected chi connectivity index (χ0v) is 12.7. The zero-order valence-electron chi connectivity index (χ0n) is 12.7. The molecule has 1 aromatic rings. The first-order valence-electron chi connectivity index (χ1n) is 7.31. The predicted molar refractivity (Wildman–Crippen MR) is 81.6 cm³/mol. The number of aromatic nitrogens is 1. The number of halogens is 1. The van der Waals surface area contributed by atoms with Gasteiger partial charge in [0.15, 0.2) is 0 Å². The Balaban J connectivity index is 1.89. The van der Waals surface area contributed by atoms with Gasteiger partial charge in [-0.1, -0.05) is 20.4 Å². The first kappa shape index (κ1) is 15.5. The lowest BCUT2D eigenvalue weighted by Gasteiger charge is -2.35. The van der Waals surface area contributed by atoms with E-state index >= 15 is 0 Å². The van der Waals surface area contributed by atoms with Crippen molar-refractivity contribution >= 4 is 11.7 Å². The molecule has 0 aliphatic carbocycles. The number of hydrogen-bond acceptors (Lipinski definition) is 3. The minimum Gasteiger partial charge on any atom is -0.353 e. The van der Waals surface area contributed by atoms with E-state index in [2.05, 4.69) is 30.3 Å². The molecule has 1 aliphatic heterocycles. The van der Waals surface area contributed by atoms with Crippen LogP contribution < -0.4 is 4.90 Å². The zero-order chi connectivity index (χ0) is 15.4. The molecule has 0 radical (unpaired) electrons. The lowest BCUT2D eigenvalue weighted by molar-refractivity contribution is -0.127. The van der Waals surface area contributed by atoms with Crippen LogP contribution in [0.15, 0.2) is 30.5 Å². The number of hydrogen-bond donors (Lipinski definition) is 0. The molecule has 1 aromatic heterocycles. The highest BCUT2D eigenvalue weighted by Gasteiger charge is 2.23. The normalized spacial score (nSPS) is 15.4. The van der Waals surface area contributed by atoms with Gasteiger partial charge in [0.1, 0.15) is 11.6 Å². The van der Waals surface area contributed by atoms with E-state index in [1.807, 2.05) is 4.90 Å². The Morgan fingerprint density at radius 1 is 1.33 bits per heavy atom. The van der Waals surface area contributed by atoms with Crippen LogP contribution in [0.3, 0.4) is 0 Å². The van der Waals surface area contributed by atoms with Gasteiger partial charge in [-0.3, -0.25) is 4.79 Å². The Labute approximate surface area is 125 Å². The Morgan fingerprint density at radius 2 is 2.00 bits per heavy atom. The molecule has 0 saturated carbocycles. The second-order valence-corrected chi connectivity index (χ2v) is 5.82. The van der Waals surface area contributed by atoms with Gasteiger partial charge < -0.3 is 9.80 Å². The third kappa shape index (κ3) is 4.03. The molecule has 2 heterocycles. The second-order valence-electron chi connectivity index (χ2n) is 5.82. The summed E-state index contributed by atoms with van der Waals surface area (Å²) in [6.45, 7) is 10.8. The molecule has 4 nitrogen and oxygen atoms in total. The Bertz CT molecular complexity index is 505. The highest BCUT2D eigenvalue weighted by molar-refractivity contribution is 5.93. The monoisotopic (exact) mass is 291 g/mol. The maximum atomic E-state index is 12.9. The molecule has 0 bridgehead atoms. The van der Waals surface area contributed by atoms with E-state index in [4.69, 9.17) is 0 Å². The van der Waals surface area contributed by atoms with Crippen molar-refractivity contribution < 1.29 is 9.18 Å². The average Bonchev–Trinajstić information content (AvgIpc) is 2.47. The van der Waals surface area contributed by atoms with Crippen molar-refractivity contribution in [3.05, 3.63) is 36.3 Å². The SMILES string of the molecule is C=C(CC(C)C)C(=O)N1CCN(c2ccc(F)cn2)CC1. The summed E-state index contributed by atoms with van der Waals surface area (Å²) in [6, 6.07) is 3.08. The standard InChI is InChI=1S/C16H22FN3O/c1-12(2)10-13(3)16(21)20-8-6-19(7-9-20)15-5-4-14(17)11-18-15/h4-5,11-12H,3,6-10H2,1-2H3. The minimum atomic E-state index is -0.336. The summed E-state index contributed by atoms with van der Waals surface area (Å²) in [6.07, 6.45) is 1.95. The third-order valence-electron chi connectivity index (χ3n) is 3.56. The number of anilines is 1. The molecule has 0 unspecified atom stereocenters. The van der Waals surface area contributed by atoms with Gasteiger partial charge >= 0.3 is 0 Å².